The molecule has 7 heteroatoms. The van der Waals surface area contributed by atoms with E-state index in [9.17, 15) is 14.9 Å². The van der Waals surface area contributed by atoms with Gasteiger partial charge in [0.05, 0.1) is 22.4 Å². The van der Waals surface area contributed by atoms with Crippen molar-refractivity contribution in [2.75, 3.05) is 7.11 Å². The predicted octanol–water partition coefficient (Wildman–Crippen LogP) is 3.27. The van der Waals surface area contributed by atoms with Crippen LogP contribution in [0.1, 0.15) is 19.4 Å². The monoisotopic (exact) mass is 343 g/mol. The highest BCUT2D eigenvalue weighted by Crippen LogP contribution is 2.37. The second-order valence-corrected chi connectivity index (χ2v) is 5.07. The molecule has 1 aromatic carbocycles. The number of methoxy groups -OCH3 is 1. The minimum Gasteiger partial charge on any atom is -0.493 e. The van der Waals surface area contributed by atoms with Gasteiger partial charge >= 0.3 is 5.97 Å². The molecule has 1 rings (SSSR count). The highest BCUT2D eigenvalue weighted by atomic mass is 79.9. The highest BCUT2D eigenvalue weighted by Gasteiger charge is 2.17. The Morgan fingerprint density at radius 3 is 2.60 bits per heavy atom. The van der Waals surface area contributed by atoms with Crippen LogP contribution in [0.2, 0.25) is 0 Å². The van der Waals surface area contributed by atoms with E-state index in [2.05, 4.69) is 15.9 Å². The first-order valence-electron chi connectivity index (χ1n) is 5.76. The van der Waals surface area contributed by atoms with E-state index in [1.807, 2.05) is 0 Å². The molecule has 0 fully saturated rings. The van der Waals surface area contributed by atoms with Crippen LogP contribution in [0.3, 0.4) is 0 Å². The highest BCUT2D eigenvalue weighted by molar-refractivity contribution is 9.10. The van der Waals surface area contributed by atoms with Gasteiger partial charge in [0, 0.05) is 6.08 Å². The van der Waals surface area contributed by atoms with Gasteiger partial charge in [-0.15, -0.1) is 0 Å². The molecule has 6 nitrogen and oxygen atoms in total. The smallest absolute Gasteiger partial charge is 0.313 e. The Morgan fingerprint density at radius 2 is 2.10 bits per heavy atom. The average molecular weight is 344 g/mol. The Kier molecular flexibility index (Phi) is 5.69. The SMILES string of the molecule is COc1cc(/C=C/[N+](=O)[O-])cc(Br)c1OC(=O)C(C)C. The molecule has 0 heterocycles. The minimum absolute atomic E-state index is 0.254. The Labute approximate surface area is 124 Å². The molecule has 0 amide bonds. The van der Waals surface area contributed by atoms with Crippen molar-refractivity contribution in [1.82, 2.24) is 0 Å². The minimum atomic E-state index is -0.562. The topological polar surface area (TPSA) is 78.7 Å². The summed E-state index contributed by atoms with van der Waals surface area (Å²) in [5.41, 5.74) is 0.551. The van der Waals surface area contributed by atoms with Crippen molar-refractivity contribution in [2.24, 2.45) is 5.92 Å². The number of ether oxygens (including phenoxy) is 2. The molecule has 0 spiro atoms. The molecule has 0 saturated heterocycles. The molecule has 1 aromatic rings. The van der Waals surface area contributed by atoms with Crippen molar-refractivity contribution < 1.29 is 19.2 Å². The van der Waals surface area contributed by atoms with E-state index in [1.165, 1.54) is 13.2 Å². The van der Waals surface area contributed by atoms with Gasteiger partial charge < -0.3 is 9.47 Å². The first kappa shape index (κ1) is 16.2. The molecule has 0 unspecified atom stereocenters. The van der Waals surface area contributed by atoms with Crippen LogP contribution in [-0.4, -0.2) is 18.0 Å². The zero-order valence-electron chi connectivity index (χ0n) is 11.3. The molecule has 0 N–H and O–H groups in total. The second kappa shape index (κ2) is 7.04. The molecule has 0 bridgehead atoms. The number of benzene rings is 1. The number of nitrogens with zero attached hydrogens (tertiary/aromatic N) is 1. The van der Waals surface area contributed by atoms with Crippen LogP contribution in [0, 0.1) is 16.0 Å². The fourth-order valence-corrected chi connectivity index (χ4v) is 1.84. The van der Waals surface area contributed by atoms with Crippen molar-refractivity contribution in [3.8, 4) is 11.5 Å². The van der Waals surface area contributed by atoms with E-state index >= 15 is 0 Å². The van der Waals surface area contributed by atoms with E-state index in [1.54, 1.807) is 26.0 Å². The van der Waals surface area contributed by atoms with Gasteiger partial charge in [-0.25, -0.2) is 0 Å². The van der Waals surface area contributed by atoms with Gasteiger partial charge in [-0.2, -0.15) is 0 Å². The van der Waals surface area contributed by atoms with Crippen molar-refractivity contribution in [2.45, 2.75) is 13.8 Å². The maximum atomic E-state index is 11.6. The molecule has 0 aliphatic carbocycles. The average Bonchev–Trinajstić information content (AvgIpc) is 2.38. The van der Waals surface area contributed by atoms with Gasteiger partial charge in [0.25, 0.3) is 0 Å². The second-order valence-electron chi connectivity index (χ2n) is 4.21. The molecule has 0 aliphatic rings. The third kappa shape index (κ3) is 4.34. The number of esters is 1. The number of carbonyl (C=O) groups is 1. The summed E-state index contributed by atoms with van der Waals surface area (Å²) >= 11 is 3.26. The van der Waals surface area contributed by atoms with E-state index in [0.717, 1.165) is 6.20 Å². The van der Waals surface area contributed by atoms with Gasteiger partial charge in [0.2, 0.25) is 6.20 Å². The first-order chi connectivity index (χ1) is 9.35. The standard InChI is InChI=1S/C13H14BrNO5/c1-8(2)13(16)20-12-10(14)6-9(4-5-15(17)18)7-11(12)19-3/h4-8H,1-3H3/b5-4+. The third-order valence-electron chi connectivity index (χ3n) is 2.31. The Bertz CT molecular complexity index is 554. The summed E-state index contributed by atoms with van der Waals surface area (Å²) in [6.45, 7) is 3.44. The Balaban J connectivity index is 3.14. The Morgan fingerprint density at radius 1 is 1.45 bits per heavy atom. The number of rotatable bonds is 5. The molecule has 0 atom stereocenters. The summed E-state index contributed by atoms with van der Waals surface area (Å²) in [7, 11) is 1.43. The van der Waals surface area contributed by atoms with Gasteiger partial charge in [-0.1, -0.05) is 13.8 Å². The molecule has 108 valence electrons. The fraction of sp³-hybridized carbons (Fsp3) is 0.308. The molecular formula is C13H14BrNO5. The number of hydrogen-bond donors (Lipinski definition) is 0. The van der Waals surface area contributed by atoms with E-state index in [0.29, 0.717) is 15.8 Å². The number of nitro groups is 1. The maximum Gasteiger partial charge on any atom is 0.313 e. The van der Waals surface area contributed by atoms with E-state index in [-0.39, 0.29) is 11.7 Å². The lowest BCUT2D eigenvalue weighted by Crippen LogP contribution is -2.15. The largest absolute Gasteiger partial charge is 0.493 e. The lowest BCUT2D eigenvalue weighted by Gasteiger charge is -2.13. The quantitative estimate of drug-likeness (QED) is 0.355. The summed E-state index contributed by atoms with van der Waals surface area (Å²) in [4.78, 5) is 21.4. The summed E-state index contributed by atoms with van der Waals surface area (Å²) in [6.07, 6.45) is 2.14. The first-order valence-corrected chi connectivity index (χ1v) is 6.55. The summed E-state index contributed by atoms with van der Waals surface area (Å²) < 4.78 is 10.9. The maximum absolute atomic E-state index is 11.6. The molecule has 0 saturated carbocycles. The fourth-order valence-electron chi connectivity index (χ4n) is 1.30. The van der Waals surface area contributed by atoms with Crippen molar-refractivity contribution in [1.29, 1.82) is 0 Å². The third-order valence-corrected chi connectivity index (χ3v) is 2.90. The number of carbonyl (C=O) groups excluding carboxylic acids is 1. The van der Waals surface area contributed by atoms with Crippen LogP contribution < -0.4 is 9.47 Å². The molecular weight excluding hydrogens is 330 g/mol. The molecule has 0 radical (unpaired) electrons. The predicted molar refractivity (Wildman–Crippen MR) is 77.2 cm³/mol. The van der Waals surface area contributed by atoms with Crippen molar-refractivity contribution >= 4 is 28.0 Å². The van der Waals surface area contributed by atoms with Crippen LogP contribution in [0.15, 0.2) is 22.8 Å². The lowest BCUT2D eigenvalue weighted by molar-refractivity contribution is -0.400. The number of halogens is 1. The van der Waals surface area contributed by atoms with E-state index < -0.39 is 10.9 Å². The van der Waals surface area contributed by atoms with Gasteiger partial charge in [-0.3, -0.25) is 14.9 Å². The lowest BCUT2D eigenvalue weighted by atomic mass is 10.2. The normalized spacial score (nSPS) is 10.8. The van der Waals surface area contributed by atoms with Gasteiger partial charge in [0.15, 0.2) is 11.5 Å². The summed E-state index contributed by atoms with van der Waals surface area (Å²) in [5.74, 6) is -0.0981. The van der Waals surface area contributed by atoms with Crippen molar-refractivity contribution in [3.05, 3.63) is 38.5 Å². The van der Waals surface area contributed by atoms with Crippen LogP contribution in [0.5, 0.6) is 11.5 Å². The van der Waals surface area contributed by atoms with E-state index in [4.69, 9.17) is 9.47 Å². The molecule has 20 heavy (non-hydrogen) atoms. The van der Waals surface area contributed by atoms with Gasteiger partial charge in [0.1, 0.15) is 0 Å². The van der Waals surface area contributed by atoms with Crippen LogP contribution in [-0.2, 0) is 4.79 Å². The Hall–Kier alpha value is -1.89. The van der Waals surface area contributed by atoms with Crippen LogP contribution >= 0.6 is 15.9 Å². The van der Waals surface area contributed by atoms with Gasteiger partial charge in [-0.05, 0) is 33.6 Å². The van der Waals surface area contributed by atoms with Crippen LogP contribution in [0.25, 0.3) is 6.08 Å². The van der Waals surface area contributed by atoms with Crippen molar-refractivity contribution in [3.63, 3.8) is 0 Å². The summed E-state index contributed by atoms with van der Waals surface area (Å²) in [5, 5.41) is 10.3. The molecule has 0 aliphatic heterocycles. The zero-order chi connectivity index (χ0) is 15.3. The van der Waals surface area contributed by atoms with Crippen LogP contribution in [0.4, 0.5) is 0 Å². The zero-order valence-corrected chi connectivity index (χ0v) is 12.8. The number of hydrogen-bond acceptors (Lipinski definition) is 5. The summed E-state index contributed by atoms with van der Waals surface area (Å²) in [6, 6.07) is 3.15. The molecule has 0 aromatic heterocycles.